The zero-order chi connectivity index (χ0) is 30.6. The van der Waals surface area contributed by atoms with Crippen LogP contribution in [0.2, 0.25) is 0 Å². The van der Waals surface area contributed by atoms with Gasteiger partial charge in [-0.1, -0.05) is 87.5 Å². The van der Waals surface area contributed by atoms with Crippen LogP contribution < -0.4 is 4.74 Å². The predicted molar refractivity (Wildman–Crippen MR) is 177 cm³/mol. The van der Waals surface area contributed by atoms with Gasteiger partial charge in [0.15, 0.2) is 0 Å². The van der Waals surface area contributed by atoms with Gasteiger partial charge in [-0.25, -0.2) is 4.98 Å². The van der Waals surface area contributed by atoms with Gasteiger partial charge in [-0.2, -0.15) is 6.07 Å². The molecule has 5 nitrogen and oxygen atoms in total. The van der Waals surface area contributed by atoms with E-state index in [-0.39, 0.29) is 37.6 Å². The van der Waals surface area contributed by atoms with Crippen molar-refractivity contribution in [2.75, 3.05) is 0 Å². The van der Waals surface area contributed by atoms with Crippen LogP contribution in [0.15, 0.2) is 53.7 Å². The van der Waals surface area contributed by atoms with Crippen LogP contribution >= 0.6 is 0 Å². The first kappa shape index (κ1) is 30.2. The van der Waals surface area contributed by atoms with Crippen molar-refractivity contribution in [2.24, 2.45) is 4.99 Å². The number of rotatable bonds is 3. The number of fused-ring (bicyclic) bond motifs is 6. The maximum absolute atomic E-state index is 6.65. The van der Waals surface area contributed by atoms with Crippen molar-refractivity contribution in [3.05, 3.63) is 94.2 Å². The predicted octanol–water partition coefficient (Wildman–Crippen LogP) is 9.39. The van der Waals surface area contributed by atoms with Gasteiger partial charge in [0.1, 0.15) is 17.3 Å². The molecule has 0 bridgehead atoms. The minimum atomic E-state index is -0.290. The van der Waals surface area contributed by atoms with E-state index in [2.05, 4.69) is 95.5 Å². The second-order valence-corrected chi connectivity index (χ2v) is 14.2. The Bertz CT molecular complexity index is 2060. The van der Waals surface area contributed by atoms with Gasteiger partial charge in [-0.15, -0.1) is 28.6 Å². The Kier molecular flexibility index (Phi) is 6.91. The topological polar surface area (TPSA) is 48.6 Å². The molecule has 0 radical (unpaired) electrons. The standard InChI is InChI=1S/C39H39N3O2.Pt/c1-23-16-26(36-41-38(6)13-9-8-10-14-39(38,7)44-36)21-27(17-23)43-33-22-32-28(20-25(33)3)29-18-24(2)19-31-34(29)42(32)35-30(37(31,4)5)12-11-15-40-35;/h11-12,15-20H,8-10,13-14H2,1-7H3;/q-2;+2/t38-,39+;/m1./s1. The Morgan fingerprint density at radius 3 is 2.47 bits per heavy atom. The summed E-state index contributed by atoms with van der Waals surface area (Å²) in [6.07, 6.45) is 7.55. The van der Waals surface area contributed by atoms with Gasteiger partial charge in [-0.05, 0) is 57.0 Å². The number of hydrogen-bond donors (Lipinski definition) is 0. The fourth-order valence-electron chi connectivity index (χ4n) is 7.86. The summed E-state index contributed by atoms with van der Waals surface area (Å²) in [6, 6.07) is 22.4. The zero-order valence-corrected chi connectivity index (χ0v) is 29.4. The Morgan fingerprint density at radius 2 is 1.64 bits per heavy atom. The quantitative estimate of drug-likeness (QED) is 0.172. The van der Waals surface area contributed by atoms with Crippen LogP contribution in [0.25, 0.3) is 27.6 Å². The van der Waals surface area contributed by atoms with Gasteiger partial charge in [0.2, 0.25) is 0 Å². The number of ether oxygens (including phenoxy) is 2. The first-order valence-corrected chi connectivity index (χ1v) is 16.0. The summed E-state index contributed by atoms with van der Waals surface area (Å²) in [5.74, 6) is 2.96. The number of aryl methyl sites for hydroxylation is 3. The van der Waals surface area contributed by atoms with E-state index in [4.69, 9.17) is 19.5 Å². The fraction of sp³-hybridized carbons (Fsp3) is 0.385. The van der Waals surface area contributed by atoms with Crippen LogP contribution in [-0.4, -0.2) is 26.6 Å². The van der Waals surface area contributed by atoms with Crippen molar-refractivity contribution in [3.8, 4) is 17.3 Å². The monoisotopic (exact) mass is 776 g/mol. The van der Waals surface area contributed by atoms with E-state index < -0.39 is 0 Å². The molecule has 1 saturated carbocycles. The molecular weight excluding hydrogens is 738 g/mol. The van der Waals surface area contributed by atoms with Crippen molar-refractivity contribution < 1.29 is 30.5 Å². The summed E-state index contributed by atoms with van der Waals surface area (Å²) in [6.45, 7) is 15.4. The molecule has 2 aromatic heterocycles. The van der Waals surface area contributed by atoms with E-state index in [0.717, 1.165) is 46.3 Å². The second kappa shape index (κ2) is 10.3. The SMILES string of the molecule is Cc1cc(Oc2[c-]c3c(cc2C)c2cc(C)cc4c2n3-c2ncccc2C4(C)C)[c-]c(C2=N[C@]3(C)CCCCC[C@]3(C)O2)c1.[Pt+2]. The first-order valence-electron chi connectivity index (χ1n) is 16.0. The van der Waals surface area contributed by atoms with Gasteiger partial charge < -0.3 is 14.0 Å². The number of nitrogens with zero attached hydrogens (tertiary/aromatic N) is 3. The van der Waals surface area contributed by atoms with E-state index in [1.807, 2.05) is 18.3 Å². The van der Waals surface area contributed by atoms with E-state index in [9.17, 15) is 0 Å². The second-order valence-electron chi connectivity index (χ2n) is 14.2. The fourth-order valence-corrected chi connectivity index (χ4v) is 7.86. The molecule has 0 saturated heterocycles. The molecule has 8 rings (SSSR count). The third kappa shape index (κ3) is 4.44. The molecule has 2 aliphatic heterocycles. The molecule has 2 atom stereocenters. The minimum Gasteiger partial charge on any atom is -0.512 e. The van der Waals surface area contributed by atoms with E-state index in [1.54, 1.807) is 0 Å². The molecule has 45 heavy (non-hydrogen) atoms. The molecule has 3 aliphatic rings. The van der Waals surface area contributed by atoms with Crippen molar-refractivity contribution in [1.29, 1.82) is 0 Å². The molecular formula is C39H39N3O2Pt. The summed E-state index contributed by atoms with van der Waals surface area (Å²) in [5, 5.41) is 2.39. The van der Waals surface area contributed by atoms with Gasteiger partial charge >= 0.3 is 21.1 Å². The largest absolute Gasteiger partial charge is 2.00 e. The molecule has 3 aromatic carbocycles. The molecule has 232 valence electrons. The molecule has 4 heterocycles. The van der Waals surface area contributed by atoms with Crippen molar-refractivity contribution in [1.82, 2.24) is 9.55 Å². The Labute approximate surface area is 280 Å². The Hall–Kier alpha value is -3.43. The molecule has 0 unspecified atom stereocenters. The molecule has 1 aliphatic carbocycles. The average Bonchev–Trinajstić information content (AvgIpc) is 3.36. The van der Waals surface area contributed by atoms with Crippen molar-refractivity contribution >= 4 is 27.7 Å². The average molecular weight is 777 g/mol. The smallest absolute Gasteiger partial charge is 0.512 e. The third-order valence-corrected chi connectivity index (χ3v) is 10.6. The maximum atomic E-state index is 6.65. The number of benzene rings is 3. The van der Waals surface area contributed by atoms with Crippen LogP contribution in [0.3, 0.4) is 0 Å². The number of aliphatic imine (C=N–C) groups is 1. The minimum absolute atomic E-state index is 0. The first-order chi connectivity index (χ1) is 21.0. The zero-order valence-electron chi connectivity index (χ0n) is 27.1. The number of pyridine rings is 1. The van der Waals surface area contributed by atoms with Gasteiger partial charge in [0, 0.05) is 34.2 Å². The van der Waals surface area contributed by atoms with Crippen molar-refractivity contribution in [3.63, 3.8) is 0 Å². The summed E-state index contributed by atoms with van der Waals surface area (Å²) in [4.78, 5) is 10.1. The van der Waals surface area contributed by atoms with Crippen LogP contribution in [-0.2, 0) is 31.2 Å². The van der Waals surface area contributed by atoms with E-state index >= 15 is 0 Å². The normalized spacial score (nSPS) is 23.0. The molecule has 6 heteroatoms. The molecule has 0 spiro atoms. The molecule has 0 N–H and O–H groups in total. The Morgan fingerprint density at radius 1 is 0.867 bits per heavy atom. The van der Waals surface area contributed by atoms with Gasteiger partial charge in [0.25, 0.3) is 0 Å². The van der Waals surface area contributed by atoms with Crippen LogP contribution in [0.4, 0.5) is 0 Å². The maximum Gasteiger partial charge on any atom is 2.00 e. The van der Waals surface area contributed by atoms with Crippen LogP contribution in [0.5, 0.6) is 11.5 Å². The Balaban J connectivity index is 0.00000325. The third-order valence-electron chi connectivity index (χ3n) is 10.6. The van der Waals surface area contributed by atoms with Crippen LogP contribution in [0, 0.1) is 32.9 Å². The summed E-state index contributed by atoms with van der Waals surface area (Å²) in [5.41, 5.74) is 8.21. The summed E-state index contributed by atoms with van der Waals surface area (Å²) >= 11 is 0. The van der Waals surface area contributed by atoms with E-state index in [1.165, 1.54) is 46.9 Å². The van der Waals surface area contributed by atoms with Gasteiger partial charge in [0.05, 0.1) is 5.54 Å². The molecule has 1 fully saturated rings. The molecule has 5 aromatic rings. The van der Waals surface area contributed by atoms with E-state index in [0.29, 0.717) is 17.4 Å². The number of hydrogen-bond acceptors (Lipinski definition) is 4. The number of aromatic nitrogens is 2. The van der Waals surface area contributed by atoms with Crippen molar-refractivity contribution in [2.45, 2.75) is 97.1 Å². The summed E-state index contributed by atoms with van der Waals surface area (Å²) < 4.78 is 15.6. The molecule has 0 amide bonds. The summed E-state index contributed by atoms with van der Waals surface area (Å²) in [7, 11) is 0. The van der Waals surface area contributed by atoms with Gasteiger partial charge in [-0.3, -0.25) is 4.99 Å². The van der Waals surface area contributed by atoms with Crippen LogP contribution in [0.1, 0.15) is 93.2 Å².